The van der Waals surface area contributed by atoms with Gasteiger partial charge >= 0.3 is 6.09 Å². The average Bonchev–Trinajstić information content (AvgIpc) is 3.30. The second-order valence-electron chi connectivity index (χ2n) is 12.9. The summed E-state index contributed by atoms with van der Waals surface area (Å²) < 4.78 is 19.6. The van der Waals surface area contributed by atoms with Crippen LogP contribution in [-0.4, -0.2) is 51.7 Å². The third kappa shape index (κ3) is 6.27. The van der Waals surface area contributed by atoms with Crippen molar-refractivity contribution in [2.24, 2.45) is 11.8 Å². The third-order valence-corrected chi connectivity index (χ3v) is 8.71. The Hall–Kier alpha value is -3.01. The summed E-state index contributed by atoms with van der Waals surface area (Å²) in [5, 5.41) is 11.0. The van der Waals surface area contributed by atoms with E-state index in [4.69, 9.17) is 9.68 Å². The number of nitrogens with zero attached hydrogens (tertiary/aromatic N) is 3. The van der Waals surface area contributed by atoms with E-state index in [-0.39, 0.29) is 30.1 Å². The Balaban J connectivity index is 1.29. The molecule has 1 aliphatic carbocycles. The number of carbonyl (C=O) groups excluding carboxylic acids is 1. The van der Waals surface area contributed by atoms with Crippen molar-refractivity contribution in [3.8, 4) is 0 Å². The fourth-order valence-corrected chi connectivity index (χ4v) is 6.98. The Kier molecular flexibility index (Phi) is 8.03. The number of rotatable bonds is 7. The maximum Gasteiger partial charge on any atom is 0.407 e. The van der Waals surface area contributed by atoms with Crippen LogP contribution in [0, 0.1) is 17.7 Å². The lowest BCUT2D eigenvalue weighted by Gasteiger charge is -2.49. The van der Waals surface area contributed by atoms with Crippen LogP contribution in [0.25, 0.3) is 11.3 Å². The summed E-state index contributed by atoms with van der Waals surface area (Å²) in [6.07, 6.45) is 12.2. The lowest BCUT2D eigenvalue weighted by molar-refractivity contribution is -0.374. The topological polar surface area (TPSA) is 79.0 Å². The van der Waals surface area contributed by atoms with Crippen LogP contribution in [0.2, 0.25) is 0 Å². The number of nitrogens with one attached hydrogen (secondary N) is 2. The zero-order valence-electron chi connectivity index (χ0n) is 24.3. The number of ether oxygens (including phenoxy) is 1. The van der Waals surface area contributed by atoms with E-state index in [0.29, 0.717) is 12.5 Å². The molecule has 1 aromatic heterocycles. The van der Waals surface area contributed by atoms with E-state index in [9.17, 15) is 9.18 Å². The van der Waals surface area contributed by atoms with Crippen molar-refractivity contribution in [3.63, 3.8) is 0 Å². The van der Waals surface area contributed by atoms with E-state index in [1.54, 1.807) is 0 Å². The van der Waals surface area contributed by atoms with Crippen molar-refractivity contribution < 1.29 is 18.9 Å². The van der Waals surface area contributed by atoms with Crippen LogP contribution in [0.15, 0.2) is 48.8 Å². The van der Waals surface area contributed by atoms with Gasteiger partial charge in [0.15, 0.2) is 0 Å². The number of benzene rings is 1. The quantitative estimate of drug-likeness (QED) is 0.423. The molecule has 3 fully saturated rings. The van der Waals surface area contributed by atoms with Gasteiger partial charge in [-0.3, -0.25) is 10.3 Å². The minimum Gasteiger partial charge on any atom is -0.444 e. The first-order chi connectivity index (χ1) is 19.7. The van der Waals surface area contributed by atoms with Crippen molar-refractivity contribution in [2.45, 2.75) is 96.1 Å². The number of piperidine rings is 1. The Morgan fingerprint density at radius 3 is 2.51 bits per heavy atom. The molecule has 6 rings (SSSR count). The fraction of sp³-hybridized carbons (Fsp3) is 0.562. The summed E-state index contributed by atoms with van der Waals surface area (Å²) in [6, 6.07) is 10.6. The molecule has 4 unspecified atom stereocenters. The van der Waals surface area contributed by atoms with Gasteiger partial charge in [-0.1, -0.05) is 32.1 Å². The molecule has 1 saturated carbocycles. The van der Waals surface area contributed by atoms with E-state index in [0.717, 1.165) is 36.1 Å². The highest BCUT2D eigenvalue weighted by Crippen LogP contribution is 2.50. The molecule has 4 heterocycles. The predicted molar refractivity (Wildman–Crippen MR) is 155 cm³/mol. The van der Waals surface area contributed by atoms with E-state index in [1.165, 1.54) is 49.8 Å². The van der Waals surface area contributed by atoms with Gasteiger partial charge < -0.3 is 10.1 Å². The summed E-state index contributed by atoms with van der Waals surface area (Å²) in [6.45, 7) is 6.19. The number of hydrogen-bond acceptors (Lipinski definition) is 7. The maximum atomic E-state index is 13.9. The molecular formula is C32H42FN5O3. The first-order valence-electron chi connectivity index (χ1n) is 15.2. The van der Waals surface area contributed by atoms with E-state index in [1.807, 2.05) is 67.6 Å². The fourth-order valence-electron chi connectivity index (χ4n) is 6.98. The molecule has 2 bridgehead atoms. The summed E-state index contributed by atoms with van der Waals surface area (Å²) in [5.41, 5.74) is 3.55. The normalized spacial score (nSPS) is 25.8. The SMILES string of the molecule is CC(C)(C)OC(=O)NC(CC1CCCCC1)CN1ON2C(c3ccc(F)cc3)=C(c3ccncc3)C3CCC1NC32. The molecule has 2 aromatic rings. The zero-order valence-corrected chi connectivity index (χ0v) is 24.3. The van der Waals surface area contributed by atoms with Crippen LogP contribution in [0.3, 0.4) is 0 Å². The highest BCUT2D eigenvalue weighted by atomic mass is 19.1. The molecule has 0 radical (unpaired) electrons. The minimum atomic E-state index is -0.567. The number of fused-ring (bicyclic) bond motifs is 1. The molecule has 4 aliphatic rings. The Bertz CT molecular complexity index is 1240. The molecule has 0 spiro atoms. The van der Waals surface area contributed by atoms with Gasteiger partial charge in [0.05, 0.1) is 11.9 Å². The number of hydroxylamine groups is 4. The Labute approximate surface area is 242 Å². The van der Waals surface area contributed by atoms with Gasteiger partial charge in [-0.25, -0.2) is 14.2 Å². The Morgan fingerprint density at radius 2 is 1.80 bits per heavy atom. The Morgan fingerprint density at radius 1 is 1.07 bits per heavy atom. The minimum absolute atomic E-state index is 0.0213. The second kappa shape index (κ2) is 11.7. The lowest BCUT2D eigenvalue weighted by atomic mass is 9.84. The van der Waals surface area contributed by atoms with Crippen molar-refractivity contribution >= 4 is 17.4 Å². The highest BCUT2D eigenvalue weighted by molar-refractivity contribution is 5.93. The summed E-state index contributed by atoms with van der Waals surface area (Å²) in [7, 11) is 0. The standard InChI is InChI=1S/C32H42FN5O3/c1-32(2,3)40-31(39)35-25(19-21-7-5-4-6-8-21)20-37-27-14-13-26-28(22-15-17-34-18-16-22)29(38(41-37)30(26)36-27)23-9-11-24(33)12-10-23/h9-12,15-18,21,25-27,30,36H,4-8,13-14,19-20H2,1-3H3,(H,35,39). The molecule has 1 aromatic carbocycles. The number of aromatic nitrogens is 1. The average molecular weight is 564 g/mol. The van der Waals surface area contributed by atoms with Crippen molar-refractivity contribution in [1.82, 2.24) is 25.7 Å². The molecule has 8 nitrogen and oxygen atoms in total. The van der Waals surface area contributed by atoms with Crippen LogP contribution in [-0.2, 0) is 9.68 Å². The lowest BCUT2D eigenvalue weighted by Crippen LogP contribution is -2.67. The second-order valence-corrected chi connectivity index (χ2v) is 12.9. The monoisotopic (exact) mass is 563 g/mol. The van der Waals surface area contributed by atoms with Gasteiger partial charge in [0.1, 0.15) is 17.6 Å². The van der Waals surface area contributed by atoms with Crippen LogP contribution in [0.4, 0.5) is 9.18 Å². The molecule has 3 aliphatic heterocycles. The van der Waals surface area contributed by atoms with Gasteiger partial charge in [-0.05, 0) is 93.5 Å². The molecule has 1 amide bonds. The summed E-state index contributed by atoms with van der Waals surface area (Å²) >= 11 is 0. The molecule has 2 saturated heterocycles. The summed E-state index contributed by atoms with van der Waals surface area (Å²) in [5.74, 6) is 0.520. The number of alkyl carbamates (subject to hydrolysis) is 1. The van der Waals surface area contributed by atoms with Crippen LogP contribution < -0.4 is 10.6 Å². The summed E-state index contributed by atoms with van der Waals surface area (Å²) in [4.78, 5) is 23.9. The molecule has 41 heavy (non-hydrogen) atoms. The first-order valence-corrected chi connectivity index (χ1v) is 15.2. The smallest absolute Gasteiger partial charge is 0.407 e. The van der Waals surface area contributed by atoms with Gasteiger partial charge in [-0.15, -0.1) is 5.06 Å². The van der Waals surface area contributed by atoms with Crippen LogP contribution >= 0.6 is 0 Å². The first kappa shape index (κ1) is 28.1. The number of pyridine rings is 1. The van der Waals surface area contributed by atoms with Gasteiger partial charge in [-0.2, -0.15) is 4.94 Å². The number of hydrogen-bond donors (Lipinski definition) is 2. The zero-order chi connectivity index (χ0) is 28.6. The molecular weight excluding hydrogens is 521 g/mol. The number of amides is 1. The van der Waals surface area contributed by atoms with Gasteiger partial charge in [0.2, 0.25) is 0 Å². The number of carbonyl (C=O) groups is 1. The maximum absolute atomic E-state index is 13.9. The third-order valence-electron chi connectivity index (χ3n) is 8.71. The molecule has 2 N–H and O–H groups in total. The van der Waals surface area contributed by atoms with Crippen LogP contribution in [0.5, 0.6) is 0 Å². The van der Waals surface area contributed by atoms with Crippen molar-refractivity contribution in [1.29, 1.82) is 0 Å². The van der Waals surface area contributed by atoms with Gasteiger partial charge in [0, 0.05) is 36.5 Å². The highest BCUT2D eigenvalue weighted by Gasteiger charge is 2.51. The van der Waals surface area contributed by atoms with E-state index >= 15 is 0 Å². The number of halogens is 1. The predicted octanol–water partition coefficient (Wildman–Crippen LogP) is 6.08. The van der Waals surface area contributed by atoms with Crippen molar-refractivity contribution in [3.05, 3.63) is 65.7 Å². The van der Waals surface area contributed by atoms with Crippen molar-refractivity contribution in [2.75, 3.05) is 6.54 Å². The molecule has 220 valence electrons. The van der Waals surface area contributed by atoms with E-state index in [2.05, 4.69) is 15.6 Å². The van der Waals surface area contributed by atoms with Gasteiger partial charge in [0.25, 0.3) is 0 Å². The largest absolute Gasteiger partial charge is 0.444 e. The van der Waals surface area contributed by atoms with Crippen LogP contribution in [0.1, 0.15) is 83.3 Å². The molecule has 4 atom stereocenters. The molecule has 9 heteroatoms. The van der Waals surface area contributed by atoms with E-state index < -0.39 is 11.7 Å².